The van der Waals surface area contributed by atoms with E-state index >= 15 is 0 Å². The van der Waals surface area contributed by atoms with Crippen LogP contribution in [0.3, 0.4) is 0 Å². The Kier molecular flexibility index (Phi) is 3.06. The first kappa shape index (κ1) is 11.6. The predicted octanol–water partition coefficient (Wildman–Crippen LogP) is 2.45. The highest BCUT2D eigenvalue weighted by atomic mass is 16.3. The smallest absolute Gasteiger partial charge is 0.140 e. The van der Waals surface area contributed by atoms with E-state index in [4.69, 9.17) is 0 Å². The lowest BCUT2D eigenvalue weighted by Gasteiger charge is -2.37. The molecular weight excluding hydrogens is 200 g/mol. The minimum absolute atomic E-state index is 0.621. The third-order valence-corrected chi connectivity index (χ3v) is 3.95. The van der Waals surface area contributed by atoms with E-state index in [0.717, 1.165) is 25.1 Å². The molecule has 2 atom stereocenters. The zero-order chi connectivity index (χ0) is 11.8. The van der Waals surface area contributed by atoms with E-state index in [0.29, 0.717) is 11.8 Å². The number of imidazole rings is 1. The summed E-state index contributed by atoms with van der Waals surface area (Å²) in [7, 11) is 1.96. The monoisotopic (exact) mass is 222 g/mol. The Morgan fingerprint density at radius 3 is 2.88 bits per heavy atom. The summed E-state index contributed by atoms with van der Waals surface area (Å²) in [5.74, 6) is 2.10. The van der Waals surface area contributed by atoms with Gasteiger partial charge < -0.3 is 9.67 Å². The van der Waals surface area contributed by atoms with Crippen molar-refractivity contribution in [1.82, 2.24) is 9.55 Å². The van der Waals surface area contributed by atoms with E-state index in [-0.39, 0.29) is 0 Å². The molecule has 90 valence electrons. The first-order valence-corrected chi connectivity index (χ1v) is 6.23. The second kappa shape index (κ2) is 4.21. The van der Waals surface area contributed by atoms with Gasteiger partial charge in [-0.2, -0.15) is 0 Å². The van der Waals surface area contributed by atoms with Gasteiger partial charge in [0, 0.05) is 19.4 Å². The quantitative estimate of drug-likeness (QED) is 0.834. The average Bonchev–Trinajstić information content (AvgIpc) is 2.65. The van der Waals surface area contributed by atoms with Crippen molar-refractivity contribution in [3.63, 3.8) is 0 Å². The van der Waals surface area contributed by atoms with Crippen molar-refractivity contribution < 1.29 is 5.11 Å². The summed E-state index contributed by atoms with van der Waals surface area (Å²) < 4.78 is 1.95. The molecule has 0 spiro atoms. The van der Waals surface area contributed by atoms with Crippen molar-refractivity contribution in [1.29, 1.82) is 0 Å². The number of aryl methyl sites for hydroxylation is 1. The molecule has 2 unspecified atom stereocenters. The maximum Gasteiger partial charge on any atom is 0.140 e. The molecule has 1 saturated carbocycles. The van der Waals surface area contributed by atoms with Gasteiger partial charge in [-0.15, -0.1) is 0 Å². The molecule has 3 nitrogen and oxygen atoms in total. The number of rotatable bonds is 2. The average molecular weight is 222 g/mol. The van der Waals surface area contributed by atoms with Crippen LogP contribution in [-0.2, 0) is 12.6 Å². The van der Waals surface area contributed by atoms with Crippen LogP contribution >= 0.6 is 0 Å². The summed E-state index contributed by atoms with van der Waals surface area (Å²) >= 11 is 0. The normalized spacial score (nSPS) is 30.9. The van der Waals surface area contributed by atoms with Gasteiger partial charge in [-0.3, -0.25) is 0 Å². The van der Waals surface area contributed by atoms with Crippen LogP contribution in [-0.4, -0.2) is 14.7 Å². The Balaban J connectivity index is 2.22. The third kappa shape index (κ3) is 2.01. The molecule has 1 aliphatic rings. The van der Waals surface area contributed by atoms with Gasteiger partial charge >= 0.3 is 0 Å². The van der Waals surface area contributed by atoms with Crippen molar-refractivity contribution in [2.45, 2.75) is 45.1 Å². The fraction of sp³-hybridized carbons (Fsp3) is 0.769. The molecule has 1 fully saturated rings. The standard InChI is InChI=1S/C13H22N2O/c1-10(2)11-5-4-6-13(16,9-11)12-14-7-8-15(12)3/h7-8,10-11,16H,4-6,9H2,1-3H3. The van der Waals surface area contributed by atoms with Crippen molar-refractivity contribution in [3.8, 4) is 0 Å². The molecule has 0 amide bonds. The molecule has 0 aliphatic heterocycles. The van der Waals surface area contributed by atoms with Crippen LogP contribution in [0.15, 0.2) is 12.4 Å². The largest absolute Gasteiger partial charge is 0.382 e. The van der Waals surface area contributed by atoms with Crippen LogP contribution in [0.4, 0.5) is 0 Å². The lowest BCUT2D eigenvalue weighted by molar-refractivity contribution is -0.0387. The van der Waals surface area contributed by atoms with E-state index in [1.54, 1.807) is 6.20 Å². The maximum atomic E-state index is 10.7. The number of hydrogen-bond acceptors (Lipinski definition) is 2. The van der Waals surface area contributed by atoms with Crippen LogP contribution in [0.5, 0.6) is 0 Å². The highest BCUT2D eigenvalue weighted by Gasteiger charge is 2.39. The highest BCUT2D eigenvalue weighted by Crippen LogP contribution is 2.41. The summed E-state index contributed by atoms with van der Waals surface area (Å²) in [4.78, 5) is 4.32. The van der Waals surface area contributed by atoms with Gasteiger partial charge in [0.05, 0.1) is 0 Å². The Bertz CT molecular complexity index is 359. The number of hydrogen-bond donors (Lipinski definition) is 1. The molecule has 16 heavy (non-hydrogen) atoms. The first-order valence-electron chi connectivity index (χ1n) is 6.23. The molecule has 1 aromatic heterocycles. The molecule has 0 aromatic carbocycles. The molecular formula is C13H22N2O. The van der Waals surface area contributed by atoms with E-state index in [1.807, 2.05) is 17.8 Å². The zero-order valence-electron chi connectivity index (χ0n) is 10.5. The SMILES string of the molecule is CC(C)C1CCCC(O)(c2nccn2C)C1. The molecule has 3 heteroatoms. The van der Waals surface area contributed by atoms with Crippen LogP contribution in [0.2, 0.25) is 0 Å². The predicted molar refractivity (Wildman–Crippen MR) is 63.9 cm³/mol. The lowest BCUT2D eigenvalue weighted by Crippen LogP contribution is -2.36. The number of aromatic nitrogens is 2. The minimum atomic E-state index is -0.703. The molecule has 2 rings (SSSR count). The van der Waals surface area contributed by atoms with Gasteiger partial charge in [-0.25, -0.2) is 4.98 Å². The molecule has 1 heterocycles. The first-order chi connectivity index (χ1) is 7.53. The van der Waals surface area contributed by atoms with Crippen LogP contribution in [0.1, 0.15) is 45.4 Å². The molecule has 0 bridgehead atoms. The molecule has 1 aromatic rings. The summed E-state index contributed by atoms with van der Waals surface area (Å²) in [6, 6.07) is 0. The van der Waals surface area contributed by atoms with Gasteiger partial charge in [0.1, 0.15) is 11.4 Å². The Morgan fingerprint density at radius 2 is 2.31 bits per heavy atom. The van der Waals surface area contributed by atoms with Gasteiger partial charge in [0.25, 0.3) is 0 Å². The fourth-order valence-electron chi connectivity index (χ4n) is 2.88. The Labute approximate surface area is 97.5 Å². The van der Waals surface area contributed by atoms with Crippen LogP contribution < -0.4 is 0 Å². The second-order valence-electron chi connectivity index (χ2n) is 5.49. The summed E-state index contributed by atoms with van der Waals surface area (Å²) in [5, 5.41) is 10.7. The van der Waals surface area contributed by atoms with Gasteiger partial charge in [-0.1, -0.05) is 13.8 Å². The Morgan fingerprint density at radius 1 is 1.56 bits per heavy atom. The van der Waals surface area contributed by atoms with Gasteiger partial charge in [0.15, 0.2) is 0 Å². The van der Waals surface area contributed by atoms with E-state index in [1.165, 1.54) is 6.42 Å². The summed E-state index contributed by atoms with van der Waals surface area (Å²) in [5.41, 5.74) is -0.703. The molecule has 0 radical (unpaired) electrons. The van der Waals surface area contributed by atoms with Crippen LogP contribution in [0.25, 0.3) is 0 Å². The number of aliphatic hydroxyl groups is 1. The van der Waals surface area contributed by atoms with Crippen molar-refractivity contribution in [3.05, 3.63) is 18.2 Å². The van der Waals surface area contributed by atoms with Gasteiger partial charge in [0.2, 0.25) is 0 Å². The van der Waals surface area contributed by atoms with Crippen molar-refractivity contribution >= 4 is 0 Å². The maximum absolute atomic E-state index is 10.7. The second-order valence-corrected chi connectivity index (χ2v) is 5.49. The molecule has 0 saturated heterocycles. The van der Waals surface area contributed by atoms with E-state index in [2.05, 4.69) is 18.8 Å². The van der Waals surface area contributed by atoms with E-state index in [9.17, 15) is 5.11 Å². The van der Waals surface area contributed by atoms with Crippen molar-refractivity contribution in [2.75, 3.05) is 0 Å². The Hall–Kier alpha value is -0.830. The zero-order valence-corrected chi connectivity index (χ0v) is 10.5. The lowest BCUT2D eigenvalue weighted by atomic mass is 9.73. The van der Waals surface area contributed by atoms with E-state index < -0.39 is 5.60 Å². The summed E-state index contributed by atoms with van der Waals surface area (Å²) in [6.07, 6.45) is 7.73. The topological polar surface area (TPSA) is 38.1 Å². The molecule has 1 N–H and O–H groups in total. The third-order valence-electron chi connectivity index (χ3n) is 3.95. The molecule has 1 aliphatic carbocycles. The van der Waals surface area contributed by atoms with Crippen molar-refractivity contribution in [2.24, 2.45) is 18.9 Å². The van der Waals surface area contributed by atoms with Crippen LogP contribution in [0, 0.1) is 11.8 Å². The number of nitrogens with zero attached hydrogens (tertiary/aromatic N) is 2. The van der Waals surface area contributed by atoms with Gasteiger partial charge in [-0.05, 0) is 37.5 Å². The minimum Gasteiger partial charge on any atom is -0.382 e. The highest BCUT2D eigenvalue weighted by molar-refractivity contribution is 5.06. The fourth-order valence-corrected chi connectivity index (χ4v) is 2.88. The summed E-state index contributed by atoms with van der Waals surface area (Å²) in [6.45, 7) is 4.49.